The van der Waals surface area contributed by atoms with Gasteiger partial charge >= 0.3 is 6.18 Å². The van der Waals surface area contributed by atoms with Crippen LogP contribution in [0.3, 0.4) is 0 Å². The Morgan fingerprint density at radius 2 is 1.79 bits per heavy atom. The predicted octanol–water partition coefficient (Wildman–Crippen LogP) is 4.59. The molecule has 1 amide bonds. The molecule has 0 bridgehead atoms. The number of amides is 1. The van der Waals surface area contributed by atoms with Crippen LogP contribution in [0.15, 0.2) is 48.7 Å². The second kappa shape index (κ2) is 8.86. The van der Waals surface area contributed by atoms with Gasteiger partial charge < -0.3 is 16.0 Å². The summed E-state index contributed by atoms with van der Waals surface area (Å²) < 4.78 is 41.3. The number of alkyl halides is 3. The number of piperidine rings is 1. The summed E-state index contributed by atoms with van der Waals surface area (Å²) >= 11 is 0. The molecule has 0 saturated carbocycles. The molecule has 0 spiro atoms. The van der Waals surface area contributed by atoms with Crippen LogP contribution < -0.4 is 16.0 Å². The molecule has 3 aromatic rings. The number of nitriles is 1. The molecule has 170 valence electrons. The molecule has 33 heavy (non-hydrogen) atoms. The van der Waals surface area contributed by atoms with Crippen LogP contribution in [0.2, 0.25) is 0 Å². The zero-order chi connectivity index (χ0) is 23.6. The average molecular weight is 454 g/mol. The normalized spacial score (nSPS) is 14.1. The number of hydrogen-bond acceptors (Lipinski definition) is 5. The number of anilines is 3. The van der Waals surface area contributed by atoms with Gasteiger partial charge in [-0.15, -0.1) is 0 Å². The van der Waals surface area contributed by atoms with Gasteiger partial charge in [0.1, 0.15) is 17.5 Å². The first-order valence-electron chi connectivity index (χ1n) is 10.4. The smallest absolute Gasteiger partial charge is 0.382 e. The Morgan fingerprint density at radius 3 is 2.39 bits per heavy atom. The van der Waals surface area contributed by atoms with Crippen molar-refractivity contribution >= 4 is 23.1 Å². The first-order valence-corrected chi connectivity index (χ1v) is 10.4. The van der Waals surface area contributed by atoms with Crippen LogP contribution in [-0.2, 0) is 6.18 Å². The second-order valence-corrected chi connectivity index (χ2v) is 7.75. The Bertz CT molecular complexity index is 1200. The molecule has 3 N–H and O–H groups in total. The molecule has 7 nitrogen and oxygen atoms in total. The van der Waals surface area contributed by atoms with Crippen LogP contribution in [-0.4, -0.2) is 28.8 Å². The number of benzene rings is 2. The Hall–Kier alpha value is -4.00. The lowest BCUT2D eigenvalue weighted by Gasteiger charge is -2.31. The van der Waals surface area contributed by atoms with Crippen LogP contribution in [0.4, 0.5) is 30.4 Å². The van der Waals surface area contributed by atoms with E-state index < -0.39 is 17.6 Å². The number of hydrogen-bond donors (Lipinski definition) is 2. The van der Waals surface area contributed by atoms with Gasteiger partial charge in [0.25, 0.3) is 5.91 Å². The maximum Gasteiger partial charge on any atom is 0.416 e. The van der Waals surface area contributed by atoms with E-state index >= 15 is 0 Å². The van der Waals surface area contributed by atoms with Crippen molar-refractivity contribution < 1.29 is 18.0 Å². The molecule has 1 aliphatic rings. The first kappa shape index (κ1) is 22.2. The maximum absolute atomic E-state index is 13.3. The summed E-state index contributed by atoms with van der Waals surface area (Å²) in [7, 11) is 0. The van der Waals surface area contributed by atoms with E-state index in [-0.39, 0.29) is 22.6 Å². The lowest BCUT2D eigenvalue weighted by atomic mass is 10.1. The van der Waals surface area contributed by atoms with Gasteiger partial charge in [0.05, 0.1) is 28.8 Å². The van der Waals surface area contributed by atoms with Gasteiger partial charge in [-0.2, -0.15) is 23.5 Å². The molecule has 1 aliphatic heterocycles. The minimum Gasteiger partial charge on any atom is -0.382 e. The Balaban J connectivity index is 1.60. The molecule has 4 rings (SSSR count). The predicted molar refractivity (Wildman–Crippen MR) is 118 cm³/mol. The highest BCUT2D eigenvalue weighted by Crippen LogP contribution is 2.36. The molecule has 0 radical (unpaired) electrons. The second-order valence-electron chi connectivity index (χ2n) is 7.75. The van der Waals surface area contributed by atoms with Crippen LogP contribution in [0.5, 0.6) is 0 Å². The number of halogens is 3. The average Bonchev–Trinajstić information content (AvgIpc) is 3.19. The minimum atomic E-state index is -4.52. The number of nitrogens with one attached hydrogen (secondary N) is 1. The summed E-state index contributed by atoms with van der Waals surface area (Å²) in [6.07, 6.45) is -0.221. The number of nitrogens with two attached hydrogens (primary N) is 1. The third-order valence-electron chi connectivity index (χ3n) is 5.57. The molecule has 1 saturated heterocycles. The molecule has 1 aromatic heterocycles. The highest BCUT2D eigenvalue weighted by atomic mass is 19.4. The third-order valence-corrected chi connectivity index (χ3v) is 5.57. The van der Waals surface area contributed by atoms with Gasteiger partial charge in [-0.05, 0) is 61.7 Å². The van der Waals surface area contributed by atoms with E-state index in [1.54, 1.807) is 12.1 Å². The Kier molecular flexibility index (Phi) is 5.96. The van der Waals surface area contributed by atoms with E-state index in [0.29, 0.717) is 11.4 Å². The topological polar surface area (TPSA) is 100.0 Å². The molecule has 2 heterocycles. The molecule has 1 fully saturated rings. The maximum atomic E-state index is 13.3. The third kappa shape index (κ3) is 4.62. The fourth-order valence-corrected chi connectivity index (χ4v) is 3.82. The van der Waals surface area contributed by atoms with Crippen LogP contribution in [0.1, 0.15) is 40.7 Å². The number of nitrogen functional groups attached to an aromatic ring is 1. The van der Waals surface area contributed by atoms with E-state index in [1.807, 2.05) is 11.0 Å². The summed E-state index contributed by atoms with van der Waals surface area (Å²) in [6, 6.07) is 11.6. The number of nitrogens with zero attached hydrogens (tertiary/aromatic N) is 4. The highest BCUT2D eigenvalue weighted by molar-refractivity contribution is 6.06. The van der Waals surface area contributed by atoms with Crippen molar-refractivity contribution in [3.8, 4) is 11.8 Å². The van der Waals surface area contributed by atoms with Gasteiger partial charge in [-0.3, -0.25) is 4.79 Å². The van der Waals surface area contributed by atoms with E-state index in [4.69, 9.17) is 11.0 Å². The fourth-order valence-electron chi connectivity index (χ4n) is 3.82. The van der Waals surface area contributed by atoms with Crippen molar-refractivity contribution in [3.05, 3.63) is 65.4 Å². The standard InChI is InChI=1S/C23H21F3N6O/c24-23(25,26)17-6-9-20(31-10-2-1-3-11-31)19(12-17)30-22(33)15-4-7-18(8-5-15)32-21(28)16(13-27)14-29-32/h4-9,12,14H,1-3,10-11,28H2,(H,30,33). The van der Waals surface area contributed by atoms with Crippen molar-refractivity contribution in [2.24, 2.45) is 0 Å². The van der Waals surface area contributed by atoms with E-state index in [2.05, 4.69) is 10.4 Å². The van der Waals surface area contributed by atoms with Crippen molar-refractivity contribution in [2.75, 3.05) is 29.0 Å². The van der Waals surface area contributed by atoms with Crippen molar-refractivity contribution in [3.63, 3.8) is 0 Å². The minimum absolute atomic E-state index is 0.121. The van der Waals surface area contributed by atoms with Crippen LogP contribution in [0.25, 0.3) is 5.69 Å². The molecule has 0 unspecified atom stereocenters. The van der Waals surface area contributed by atoms with Gasteiger partial charge in [0.15, 0.2) is 0 Å². The van der Waals surface area contributed by atoms with Gasteiger partial charge in [0.2, 0.25) is 0 Å². The molecule has 2 aromatic carbocycles. The van der Waals surface area contributed by atoms with E-state index in [0.717, 1.165) is 44.5 Å². The zero-order valence-corrected chi connectivity index (χ0v) is 17.6. The summed E-state index contributed by atoms with van der Waals surface area (Å²) in [4.78, 5) is 14.9. The van der Waals surface area contributed by atoms with Crippen molar-refractivity contribution in [1.82, 2.24) is 9.78 Å². The lowest BCUT2D eigenvalue weighted by molar-refractivity contribution is -0.137. The molecule has 0 atom stereocenters. The largest absolute Gasteiger partial charge is 0.416 e. The van der Waals surface area contributed by atoms with Gasteiger partial charge in [-0.1, -0.05) is 0 Å². The molecule has 0 aliphatic carbocycles. The summed E-state index contributed by atoms with van der Waals surface area (Å²) in [5.74, 6) is -0.366. The van der Waals surface area contributed by atoms with Crippen molar-refractivity contribution in [1.29, 1.82) is 5.26 Å². The molecular weight excluding hydrogens is 433 g/mol. The number of rotatable bonds is 4. The summed E-state index contributed by atoms with van der Waals surface area (Å²) in [6.45, 7) is 1.44. The summed E-state index contributed by atoms with van der Waals surface area (Å²) in [5.41, 5.74) is 6.78. The monoisotopic (exact) mass is 454 g/mol. The Morgan fingerprint density at radius 1 is 1.09 bits per heavy atom. The SMILES string of the molecule is N#Cc1cnn(-c2ccc(C(=O)Nc3cc(C(F)(F)F)ccc3N3CCCCC3)cc2)c1N. The van der Waals surface area contributed by atoms with E-state index in [1.165, 1.54) is 29.1 Å². The molecular formula is C23H21F3N6O. The van der Waals surface area contributed by atoms with Gasteiger partial charge in [-0.25, -0.2) is 4.68 Å². The number of carbonyl (C=O) groups is 1. The van der Waals surface area contributed by atoms with Crippen LogP contribution >= 0.6 is 0 Å². The first-order chi connectivity index (χ1) is 15.8. The molecule has 10 heteroatoms. The zero-order valence-electron chi connectivity index (χ0n) is 17.6. The highest BCUT2D eigenvalue weighted by Gasteiger charge is 2.32. The number of aromatic nitrogens is 2. The van der Waals surface area contributed by atoms with Crippen molar-refractivity contribution in [2.45, 2.75) is 25.4 Å². The van der Waals surface area contributed by atoms with Crippen LogP contribution in [0, 0.1) is 11.3 Å². The summed E-state index contributed by atoms with van der Waals surface area (Å²) in [5, 5.41) is 15.7. The fraction of sp³-hybridized carbons (Fsp3) is 0.261. The number of carbonyl (C=O) groups excluding carboxylic acids is 1. The lowest BCUT2D eigenvalue weighted by Crippen LogP contribution is -2.30. The van der Waals surface area contributed by atoms with E-state index in [9.17, 15) is 18.0 Å². The van der Waals surface area contributed by atoms with Gasteiger partial charge in [0, 0.05) is 18.7 Å². The quantitative estimate of drug-likeness (QED) is 0.601. The Labute approximate surface area is 188 Å².